The second kappa shape index (κ2) is 5.78. The Bertz CT molecular complexity index is 1130. The summed E-state index contributed by atoms with van der Waals surface area (Å²) in [6.07, 6.45) is 0. The van der Waals surface area contributed by atoms with E-state index in [-0.39, 0.29) is 20.1 Å². The van der Waals surface area contributed by atoms with Crippen molar-refractivity contribution in [1.29, 1.82) is 0 Å². The van der Waals surface area contributed by atoms with Crippen LogP contribution in [0.15, 0.2) is 24.3 Å². The summed E-state index contributed by atoms with van der Waals surface area (Å²) < 4.78 is 42.6. The summed E-state index contributed by atoms with van der Waals surface area (Å²) in [4.78, 5) is 8.96. The first-order valence-electron chi connectivity index (χ1n) is 7.44. The smallest absolute Gasteiger partial charge is 0.161 e. The van der Waals surface area contributed by atoms with Crippen LogP contribution in [0.5, 0.6) is 0 Å². The van der Waals surface area contributed by atoms with Gasteiger partial charge in [0, 0.05) is 43.5 Å². The van der Waals surface area contributed by atoms with E-state index >= 15 is 0 Å². The van der Waals surface area contributed by atoms with Gasteiger partial charge in [-0.2, -0.15) is 0 Å². The van der Waals surface area contributed by atoms with E-state index in [2.05, 4.69) is 16.0 Å². The summed E-state index contributed by atoms with van der Waals surface area (Å²) in [6.45, 7) is 5.82. The fourth-order valence-electron chi connectivity index (χ4n) is 2.85. The van der Waals surface area contributed by atoms with Gasteiger partial charge in [0.1, 0.15) is 5.82 Å². The number of imidazole rings is 1. The van der Waals surface area contributed by atoms with Gasteiger partial charge in [0.15, 0.2) is 11.6 Å². The third-order valence-corrected chi connectivity index (χ3v) is 3.91. The first kappa shape index (κ1) is 17.8. The Morgan fingerprint density at radius 2 is 1.64 bits per heavy atom. The van der Waals surface area contributed by atoms with Gasteiger partial charge in [-0.3, -0.25) is 14.4 Å². The van der Waals surface area contributed by atoms with Crippen molar-refractivity contribution in [3.05, 3.63) is 53.6 Å². The minimum Gasteiger partial charge on any atom is -0.321 e. The first-order valence-corrected chi connectivity index (χ1v) is 7.44. The van der Waals surface area contributed by atoms with Gasteiger partial charge in [0.2, 0.25) is 0 Å². The minimum absolute atomic E-state index is 0. The molecule has 0 aliphatic heterocycles. The van der Waals surface area contributed by atoms with E-state index in [1.165, 1.54) is 12.1 Å². The molecular formula is C18H13F3IrN3-. The normalized spacial score (nSPS) is 12.1. The van der Waals surface area contributed by atoms with Crippen LogP contribution in [0.4, 0.5) is 13.2 Å². The van der Waals surface area contributed by atoms with Crippen molar-refractivity contribution < 1.29 is 33.3 Å². The molecule has 0 aliphatic carbocycles. The summed E-state index contributed by atoms with van der Waals surface area (Å²) in [5.74, 6) is -1.78. The second-order valence-corrected chi connectivity index (χ2v) is 6.79. The standard InChI is InChI=1S/C18H13F3N3.Ir/c1-18(2,3)17-23-13-6-9(19)4-5-10(13)16-22-14-7-11(20)12(21)8-15(14)24(16)17;/h4,6-8H,1-3H3;/q-1;. The Kier molecular flexibility index (Phi) is 4.12. The molecule has 0 fully saturated rings. The van der Waals surface area contributed by atoms with Crippen LogP contribution in [0.1, 0.15) is 26.6 Å². The van der Waals surface area contributed by atoms with E-state index in [1.807, 2.05) is 20.8 Å². The Morgan fingerprint density at radius 3 is 2.32 bits per heavy atom. The monoisotopic (exact) mass is 521 g/mol. The summed E-state index contributed by atoms with van der Waals surface area (Å²) in [5.41, 5.74) is 1.16. The topological polar surface area (TPSA) is 30.2 Å². The van der Waals surface area contributed by atoms with Gasteiger partial charge in [0.05, 0.1) is 16.7 Å². The summed E-state index contributed by atoms with van der Waals surface area (Å²) in [7, 11) is 0. The number of hydrogen-bond acceptors (Lipinski definition) is 2. The minimum atomic E-state index is -0.962. The average Bonchev–Trinajstić information content (AvgIpc) is 2.84. The number of rotatable bonds is 0. The molecule has 1 radical (unpaired) electrons. The molecule has 7 heteroatoms. The van der Waals surface area contributed by atoms with E-state index in [0.717, 1.165) is 12.1 Å². The molecule has 131 valence electrons. The predicted octanol–water partition coefficient (Wildman–Crippen LogP) is 4.55. The molecule has 0 N–H and O–H groups in total. The van der Waals surface area contributed by atoms with Crippen LogP contribution < -0.4 is 0 Å². The summed E-state index contributed by atoms with van der Waals surface area (Å²) in [5, 5.41) is 0.501. The fraction of sp³-hybridized carbons (Fsp3) is 0.222. The number of benzene rings is 2. The molecule has 2 aromatic carbocycles. The van der Waals surface area contributed by atoms with Crippen LogP contribution in [0.3, 0.4) is 0 Å². The molecule has 2 heterocycles. The largest absolute Gasteiger partial charge is 0.321 e. The third-order valence-electron chi connectivity index (χ3n) is 3.91. The average molecular weight is 521 g/mol. The molecule has 0 spiro atoms. The van der Waals surface area contributed by atoms with Gasteiger partial charge in [-0.1, -0.05) is 32.2 Å². The molecule has 2 aromatic heterocycles. The molecule has 25 heavy (non-hydrogen) atoms. The van der Waals surface area contributed by atoms with E-state index in [4.69, 9.17) is 0 Å². The van der Waals surface area contributed by atoms with Crippen LogP contribution >= 0.6 is 0 Å². The summed E-state index contributed by atoms with van der Waals surface area (Å²) >= 11 is 0. The molecule has 4 aromatic rings. The second-order valence-electron chi connectivity index (χ2n) is 6.79. The van der Waals surface area contributed by atoms with Gasteiger partial charge < -0.3 is 4.40 Å². The van der Waals surface area contributed by atoms with Crippen LogP contribution in [-0.2, 0) is 25.5 Å². The maximum Gasteiger partial charge on any atom is 0.161 e. The Labute approximate surface area is 155 Å². The molecule has 4 rings (SSSR count). The molecule has 0 bridgehead atoms. The van der Waals surface area contributed by atoms with Gasteiger partial charge in [-0.15, -0.1) is 12.1 Å². The maximum atomic E-state index is 13.8. The zero-order valence-electron chi connectivity index (χ0n) is 13.6. The van der Waals surface area contributed by atoms with Gasteiger partial charge in [-0.05, 0) is 5.52 Å². The van der Waals surface area contributed by atoms with Crippen LogP contribution in [-0.4, -0.2) is 14.4 Å². The van der Waals surface area contributed by atoms with E-state index in [0.29, 0.717) is 33.4 Å². The Balaban J connectivity index is 0.00000182. The number of fused-ring (bicyclic) bond motifs is 5. The zero-order chi connectivity index (χ0) is 17.2. The molecule has 0 saturated heterocycles. The quantitative estimate of drug-likeness (QED) is 0.319. The van der Waals surface area contributed by atoms with Crippen molar-refractivity contribution >= 4 is 27.6 Å². The zero-order valence-corrected chi connectivity index (χ0v) is 16.0. The van der Waals surface area contributed by atoms with E-state index in [9.17, 15) is 13.2 Å². The van der Waals surface area contributed by atoms with Crippen molar-refractivity contribution in [3.63, 3.8) is 0 Å². The molecule has 0 unspecified atom stereocenters. The molecule has 3 nitrogen and oxygen atoms in total. The third kappa shape index (κ3) is 2.71. The van der Waals surface area contributed by atoms with E-state index in [1.54, 1.807) is 4.40 Å². The maximum absolute atomic E-state index is 13.8. The number of aromatic nitrogens is 3. The van der Waals surface area contributed by atoms with E-state index < -0.39 is 22.9 Å². The SMILES string of the molecule is CC(C)(C)c1nc2cc(F)c[c-]c2c2nc3cc(F)c(F)cc3n12.[Ir]. The van der Waals surface area contributed by atoms with Crippen LogP contribution in [0, 0.1) is 23.5 Å². The number of halogens is 3. The predicted molar refractivity (Wildman–Crippen MR) is 85.4 cm³/mol. The van der Waals surface area contributed by atoms with Crippen LogP contribution in [0.2, 0.25) is 0 Å². The fourth-order valence-corrected chi connectivity index (χ4v) is 2.85. The van der Waals surface area contributed by atoms with Gasteiger partial charge >= 0.3 is 0 Å². The van der Waals surface area contributed by atoms with Gasteiger partial charge in [-0.25, -0.2) is 8.78 Å². The molecule has 0 saturated carbocycles. The van der Waals surface area contributed by atoms with Crippen molar-refractivity contribution in [1.82, 2.24) is 14.4 Å². The Morgan fingerprint density at radius 1 is 0.960 bits per heavy atom. The van der Waals surface area contributed by atoms with Gasteiger partial charge in [0.25, 0.3) is 0 Å². The van der Waals surface area contributed by atoms with Crippen molar-refractivity contribution in [2.45, 2.75) is 26.2 Å². The number of hydrogen-bond donors (Lipinski definition) is 0. The van der Waals surface area contributed by atoms with Crippen LogP contribution in [0.25, 0.3) is 27.6 Å². The first-order chi connectivity index (χ1) is 11.3. The van der Waals surface area contributed by atoms with Crippen molar-refractivity contribution in [2.75, 3.05) is 0 Å². The molecule has 0 amide bonds. The molecule has 0 aliphatic rings. The van der Waals surface area contributed by atoms with Crippen molar-refractivity contribution in [2.24, 2.45) is 0 Å². The summed E-state index contributed by atoms with van der Waals surface area (Å²) in [6, 6.07) is 7.49. The number of nitrogens with zero attached hydrogens (tertiary/aromatic N) is 3. The Hall–Kier alpha value is -1.98. The van der Waals surface area contributed by atoms with Crippen molar-refractivity contribution in [3.8, 4) is 0 Å². The molecule has 0 atom stereocenters. The molecular weight excluding hydrogens is 507 g/mol.